The number of unbranched alkanes of at least 4 members (excludes halogenated alkanes) is 1. The van der Waals surface area contributed by atoms with E-state index in [1.807, 2.05) is 0 Å². The van der Waals surface area contributed by atoms with E-state index >= 15 is 0 Å². The van der Waals surface area contributed by atoms with Gasteiger partial charge in [0.1, 0.15) is 5.75 Å². The Morgan fingerprint density at radius 3 is 2.81 bits per heavy atom. The van der Waals surface area contributed by atoms with Crippen LogP contribution < -0.4 is 19.5 Å². The molecular weight excluding hydrogens is 334 g/mol. The Morgan fingerprint density at radius 1 is 1.15 bits per heavy atom. The first-order chi connectivity index (χ1) is 12.7. The van der Waals surface area contributed by atoms with Gasteiger partial charge in [-0.25, -0.2) is 0 Å². The lowest BCUT2D eigenvalue weighted by molar-refractivity contribution is 0.102. The molecule has 1 N–H and O–H groups in total. The molecule has 6 heteroatoms. The van der Waals surface area contributed by atoms with E-state index in [9.17, 15) is 4.79 Å². The normalized spacial score (nSPS) is 12.1. The molecule has 138 valence electrons. The highest BCUT2D eigenvalue weighted by atomic mass is 16.7. The van der Waals surface area contributed by atoms with Crippen LogP contribution in [0.1, 0.15) is 35.7 Å². The average Bonchev–Trinajstić information content (AvgIpc) is 3.13. The van der Waals surface area contributed by atoms with Gasteiger partial charge < -0.3 is 24.3 Å². The monoisotopic (exact) mass is 357 g/mol. The summed E-state index contributed by atoms with van der Waals surface area (Å²) in [5, 5.41) is 2.87. The molecule has 1 amide bonds. The van der Waals surface area contributed by atoms with Gasteiger partial charge in [0.2, 0.25) is 6.79 Å². The zero-order chi connectivity index (χ0) is 18.4. The predicted molar refractivity (Wildman–Crippen MR) is 98.1 cm³/mol. The van der Waals surface area contributed by atoms with Crippen molar-refractivity contribution in [1.29, 1.82) is 0 Å². The van der Waals surface area contributed by atoms with E-state index in [1.165, 1.54) is 0 Å². The fraction of sp³-hybridized carbons (Fsp3) is 0.350. The fourth-order valence-corrected chi connectivity index (χ4v) is 2.64. The van der Waals surface area contributed by atoms with Crippen LogP contribution in [0.4, 0.5) is 5.69 Å². The number of hydrogen-bond donors (Lipinski definition) is 1. The van der Waals surface area contributed by atoms with E-state index in [-0.39, 0.29) is 12.7 Å². The van der Waals surface area contributed by atoms with Crippen LogP contribution in [0.5, 0.6) is 17.2 Å². The zero-order valence-electron chi connectivity index (χ0n) is 15.0. The van der Waals surface area contributed by atoms with E-state index in [2.05, 4.69) is 12.2 Å². The summed E-state index contributed by atoms with van der Waals surface area (Å²) in [6.45, 7) is 3.42. The lowest BCUT2D eigenvalue weighted by atomic mass is 10.1. The number of amides is 1. The van der Waals surface area contributed by atoms with Crippen LogP contribution >= 0.6 is 0 Å². The van der Waals surface area contributed by atoms with Crippen molar-refractivity contribution in [2.24, 2.45) is 0 Å². The Labute approximate surface area is 153 Å². The topological polar surface area (TPSA) is 66.0 Å². The summed E-state index contributed by atoms with van der Waals surface area (Å²) in [5.74, 6) is 1.81. The molecule has 2 aromatic carbocycles. The van der Waals surface area contributed by atoms with Crippen molar-refractivity contribution in [3.63, 3.8) is 0 Å². The third-order valence-corrected chi connectivity index (χ3v) is 4.07. The maximum atomic E-state index is 12.6. The Hall–Kier alpha value is -2.73. The van der Waals surface area contributed by atoms with Gasteiger partial charge in [0.05, 0.1) is 13.7 Å². The van der Waals surface area contributed by atoms with Crippen LogP contribution in [0.2, 0.25) is 0 Å². The fourth-order valence-electron chi connectivity index (χ4n) is 2.64. The summed E-state index contributed by atoms with van der Waals surface area (Å²) in [5.41, 5.74) is 2.04. The Morgan fingerprint density at radius 2 is 2.00 bits per heavy atom. The molecule has 1 heterocycles. The molecular formula is C20H23NO5. The second kappa shape index (κ2) is 8.58. The van der Waals surface area contributed by atoms with Crippen LogP contribution in [0.15, 0.2) is 36.4 Å². The standard InChI is InChI=1S/C20H23NO5/c1-3-4-9-24-12-15-10-14(5-7-17(15)23-2)20(22)21-16-6-8-18-19(11-16)26-13-25-18/h5-8,10-11H,3-4,9,12-13H2,1-2H3,(H,21,22). The highest BCUT2D eigenvalue weighted by molar-refractivity contribution is 6.04. The van der Waals surface area contributed by atoms with Crippen LogP contribution in [0.25, 0.3) is 0 Å². The molecule has 1 aliphatic heterocycles. The Kier molecular flexibility index (Phi) is 5.96. The van der Waals surface area contributed by atoms with E-state index in [0.717, 1.165) is 18.4 Å². The summed E-state index contributed by atoms with van der Waals surface area (Å²) in [6.07, 6.45) is 2.09. The minimum Gasteiger partial charge on any atom is -0.496 e. The minimum absolute atomic E-state index is 0.201. The second-order valence-electron chi connectivity index (χ2n) is 5.95. The van der Waals surface area contributed by atoms with Crippen LogP contribution in [0, 0.1) is 0 Å². The van der Waals surface area contributed by atoms with Gasteiger partial charge in [-0.05, 0) is 36.8 Å². The number of carbonyl (C=O) groups is 1. The second-order valence-corrected chi connectivity index (χ2v) is 5.95. The highest BCUT2D eigenvalue weighted by Crippen LogP contribution is 2.34. The molecule has 0 spiro atoms. The van der Waals surface area contributed by atoms with Gasteiger partial charge >= 0.3 is 0 Å². The number of carbonyl (C=O) groups excluding carboxylic acids is 1. The molecule has 0 atom stereocenters. The van der Waals surface area contributed by atoms with Crippen LogP contribution in [-0.2, 0) is 11.3 Å². The third-order valence-electron chi connectivity index (χ3n) is 4.07. The summed E-state index contributed by atoms with van der Waals surface area (Å²) >= 11 is 0. The van der Waals surface area contributed by atoms with Gasteiger partial charge in [-0.3, -0.25) is 4.79 Å². The van der Waals surface area contributed by atoms with Crippen molar-refractivity contribution in [2.75, 3.05) is 25.8 Å². The molecule has 6 nitrogen and oxygen atoms in total. The van der Waals surface area contributed by atoms with Crippen molar-refractivity contribution in [2.45, 2.75) is 26.4 Å². The van der Waals surface area contributed by atoms with Crippen molar-refractivity contribution in [3.8, 4) is 17.2 Å². The molecule has 0 saturated carbocycles. The summed E-state index contributed by atoms with van der Waals surface area (Å²) in [6, 6.07) is 10.6. The maximum Gasteiger partial charge on any atom is 0.255 e. The van der Waals surface area contributed by atoms with Gasteiger partial charge in [-0.2, -0.15) is 0 Å². The Balaban J connectivity index is 1.70. The first kappa shape index (κ1) is 18.1. The lowest BCUT2D eigenvalue weighted by Gasteiger charge is -2.12. The number of benzene rings is 2. The molecule has 0 saturated heterocycles. The van der Waals surface area contributed by atoms with E-state index < -0.39 is 0 Å². The van der Waals surface area contributed by atoms with Gasteiger partial charge in [-0.1, -0.05) is 13.3 Å². The predicted octanol–water partition coefficient (Wildman–Crippen LogP) is 3.99. The number of ether oxygens (including phenoxy) is 4. The first-order valence-corrected chi connectivity index (χ1v) is 8.67. The molecule has 0 aromatic heterocycles. The maximum absolute atomic E-state index is 12.6. The molecule has 26 heavy (non-hydrogen) atoms. The van der Waals surface area contributed by atoms with Gasteiger partial charge in [0.25, 0.3) is 5.91 Å². The zero-order valence-corrected chi connectivity index (χ0v) is 15.0. The number of nitrogens with one attached hydrogen (secondary N) is 1. The molecule has 0 fully saturated rings. The molecule has 0 unspecified atom stereocenters. The Bertz CT molecular complexity index is 775. The highest BCUT2D eigenvalue weighted by Gasteiger charge is 2.15. The largest absolute Gasteiger partial charge is 0.496 e. The third kappa shape index (κ3) is 4.26. The number of fused-ring (bicyclic) bond motifs is 1. The molecule has 3 rings (SSSR count). The average molecular weight is 357 g/mol. The molecule has 0 bridgehead atoms. The SMILES string of the molecule is CCCCOCc1cc(C(=O)Nc2ccc3c(c2)OCO3)ccc1OC. The van der Waals surface area contributed by atoms with Crippen LogP contribution in [-0.4, -0.2) is 26.4 Å². The molecule has 0 aliphatic carbocycles. The number of methoxy groups -OCH3 is 1. The van der Waals surface area contributed by atoms with E-state index in [4.69, 9.17) is 18.9 Å². The first-order valence-electron chi connectivity index (χ1n) is 8.67. The molecule has 1 aliphatic rings. The lowest BCUT2D eigenvalue weighted by Crippen LogP contribution is -2.12. The van der Waals surface area contributed by atoms with Gasteiger partial charge in [0.15, 0.2) is 11.5 Å². The molecule has 2 aromatic rings. The van der Waals surface area contributed by atoms with Crippen molar-refractivity contribution in [1.82, 2.24) is 0 Å². The molecule has 0 radical (unpaired) electrons. The number of anilines is 1. The quantitative estimate of drug-likeness (QED) is 0.724. The number of hydrogen-bond acceptors (Lipinski definition) is 5. The van der Waals surface area contributed by atoms with Crippen molar-refractivity contribution < 1.29 is 23.7 Å². The van der Waals surface area contributed by atoms with Crippen LogP contribution in [0.3, 0.4) is 0 Å². The van der Waals surface area contributed by atoms with Gasteiger partial charge in [0, 0.05) is 29.5 Å². The van der Waals surface area contributed by atoms with Crippen molar-refractivity contribution in [3.05, 3.63) is 47.5 Å². The van der Waals surface area contributed by atoms with E-state index in [1.54, 1.807) is 43.5 Å². The summed E-state index contributed by atoms with van der Waals surface area (Å²) in [4.78, 5) is 12.6. The smallest absolute Gasteiger partial charge is 0.255 e. The van der Waals surface area contributed by atoms with Crippen molar-refractivity contribution >= 4 is 11.6 Å². The van der Waals surface area contributed by atoms with E-state index in [0.29, 0.717) is 41.7 Å². The minimum atomic E-state index is -0.207. The van der Waals surface area contributed by atoms with Gasteiger partial charge in [-0.15, -0.1) is 0 Å². The number of rotatable bonds is 8. The summed E-state index contributed by atoms with van der Waals surface area (Å²) in [7, 11) is 1.61. The summed E-state index contributed by atoms with van der Waals surface area (Å²) < 4.78 is 21.6.